The third-order valence-corrected chi connectivity index (χ3v) is 6.36. The van der Waals surface area contributed by atoms with Gasteiger partial charge in [-0.1, -0.05) is 11.6 Å². The number of hydrogen-bond donors (Lipinski definition) is 0. The third kappa shape index (κ3) is 2.27. The number of pyridine rings is 1. The van der Waals surface area contributed by atoms with E-state index in [1.807, 2.05) is 12.4 Å². The highest BCUT2D eigenvalue weighted by Crippen LogP contribution is 2.46. The molecule has 26 heavy (non-hydrogen) atoms. The highest BCUT2D eigenvalue weighted by molar-refractivity contribution is 5.91. The summed E-state index contributed by atoms with van der Waals surface area (Å²) in [6.07, 6.45) is 9.83. The Morgan fingerprint density at radius 3 is 2.77 bits per heavy atom. The van der Waals surface area contributed by atoms with Crippen molar-refractivity contribution in [1.29, 1.82) is 0 Å². The maximum Gasteiger partial charge on any atom is 0.0529 e. The van der Waals surface area contributed by atoms with Crippen LogP contribution in [0.3, 0.4) is 0 Å². The lowest BCUT2D eigenvalue weighted by atomic mass is 9.97. The van der Waals surface area contributed by atoms with Gasteiger partial charge in [-0.3, -0.25) is 9.88 Å². The molecule has 0 saturated carbocycles. The van der Waals surface area contributed by atoms with Gasteiger partial charge in [-0.25, -0.2) is 0 Å². The second kappa shape index (κ2) is 5.82. The van der Waals surface area contributed by atoms with Gasteiger partial charge in [-0.05, 0) is 81.1 Å². The molecule has 0 amide bonds. The van der Waals surface area contributed by atoms with E-state index in [1.165, 1.54) is 52.6 Å². The van der Waals surface area contributed by atoms with Gasteiger partial charge in [0.05, 0.1) is 11.6 Å². The minimum Gasteiger partial charge on any atom is -0.318 e. The van der Waals surface area contributed by atoms with Gasteiger partial charge < -0.3 is 4.57 Å². The number of likely N-dealkylation sites (N-methyl/N-ethyl adjacent to an activating group) is 1. The number of aryl methyl sites for hydroxylation is 1. The van der Waals surface area contributed by atoms with Gasteiger partial charge in [0.15, 0.2) is 0 Å². The Morgan fingerprint density at radius 2 is 1.96 bits per heavy atom. The summed E-state index contributed by atoms with van der Waals surface area (Å²) in [6, 6.07) is 12.3. The van der Waals surface area contributed by atoms with Gasteiger partial charge in [0.25, 0.3) is 0 Å². The Bertz CT molecular complexity index is 1010. The minimum absolute atomic E-state index is 0.540. The summed E-state index contributed by atoms with van der Waals surface area (Å²) in [5, 5.41) is 1.45. The summed E-state index contributed by atoms with van der Waals surface area (Å²) in [5.41, 5.74) is 8.28. The van der Waals surface area contributed by atoms with Crippen LogP contribution in [0.5, 0.6) is 0 Å². The van der Waals surface area contributed by atoms with Crippen LogP contribution in [0.2, 0.25) is 0 Å². The van der Waals surface area contributed by atoms with E-state index in [4.69, 9.17) is 0 Å². The van der Waals surface area contributed by atoms with E-state index in [2.05, 4.69) is 71.9 Å². The van der Waals surface area contributed by atoms with Crippen LogP contribution in [0.1, 0.15) is 48.2 Å². The smallest absolute Gasteiger partial charge is 0.0529 e. The largest absolute Gasteiger partial charge is 0.318 e. The highest BCUT2D eigenvalue weighted by Gasteiger charge is 2.40. The van der Waals surface area contributed by atoms with Crippen molar-refractivity contribution in [2.45, 2.75) is 45.2 Å². The SMILES string of the molecule is C/C(=C\n1c2c(c3cc(C)ccc31)CC1CCC2N1C)c1ccncc1. The Morgan fingerprint density at radius 1 is 1.15 bits per heavy atom. The van der Waals surface area contributed by atoms with Gasteiger partial charge in [0.1, 0.15) is 0 Å². The predicted octanol–water partition coefficient (Wildman–Crippen LogP) is 5.05. The first-order valence-corrected chi connectivity index (χ1v) is 9.57. The number of nitrogens with zero attached hydrogens (tertiary/aromatic N) is 3. The summed E-state index contributed by atoms with van der Waals surface area (Å²) in [5.74, 6) is 0. The quantitative estimate of drug-likeness (QED) is 0.649. The molecule has 2 aromatic heterocycles. The average molecular weight is 343 g/mol. The molecule has 5 rings (SSSR count). The van der Waals surface area contributed by atoms with Gasteiger partial charge in [0.2, 0.25) is 0 Å². The molecule has 0 radical (unpaired) electrons. The fourth-order valence-corrected chi connectivity index (χ4v) is 4.94. The molecule has 0 aliphatic carbocycles. The molecule has 1 fully saturated rings. The third-order valence-electron chi connectivity index (χ3n) is 6.36. The first-order chi connectivity index (χ1) is 12.6. The van der Waals surface area contributed by atoms with Gasteiger partial charge in [0, 0.05) is 35.7 Å². The summed E-state index contributed by atoms with van der Waals surface area (Å²) in [7, 11) is 2.30. The monoisotopic (exact) mass is 343 g/mol. The number of aromatic nitrogens is 2. The standard InChI is InChI=1S/C23H25N3/c1-15-4-6-21-19(12-15)20-13-18-5-7-22(25(18)3)23(20)26(21)14-16(2)17-8-10-24-11-9-17/h4,6,8-12,14,18,22H,5,7,13H2,1-3H3/b16-14+. The summed E-state index contributed by atoms with van der Waals surface area (Å²) < 4.78 is 2.47. The molecule has 2 aliphatic rings. The van der Waals surface area contributed by atoms with E-state index >= 15 is 0 Å². The number of rotatable bonds is 2. The molecule has 3 aromatic rings. The van der Waals surface area contributed by atoms with E-state index in [0.29, 0.717) is 12.1 Å². The Labute approximate surface area is 155 Å². The van der Waals surface area contributed by atoms with Crippen molar-refractivity contribution in [3.05, 3.63) is 65.1 Å². The molecule has 1 saturated heterocycles. The highest BCUT2D eigenvalue weighted by atomic mass is 15.2. The number of fused-ring (bicyclic) bond motifs is 6. The summed E-state index contributed by atoms with van der Waals surface area (Å²) in [6.45, 7) is 4.40. The van der Waals surface area contributed by atoms with E-state index in [1.54, 1.807) is 5.56 Å². The summed E-state index contributed by atoms with van der Waals surface area (Å²) >= 11 is 0. The first-order valence-electron chi connectivity index (χ1n) is 9.57. The van der Waals surface area contributed by atoms with Crippen LogP contribution < -0.4 is 0 Å². The molecule has 132 valence electrons. The van der Waals surface area contributed by atoms with Crippen LogP contribution in [0.4, 0.5) is 0 Å². The maximum atomic E-state index is 4.15. The lowest BCUT2D eigenvalue weighted by molar-refractivity contribution is 0.220. The van der Waals surface area contributed by atoms with Crippen molar-refractivity contribution >= 4 is 22.7 Å². The number of benzene rings is 1. The minimum atomic E-state index is 0.540. The van der Waals surface area contributed by atoms with E-state index in [-0.39, 0.29) is 0 Å². The van der Waals surface area contributed by atoms with Gasteiger partial charge >= 0.3 is 0 Å². The molecule has 3 nitrogen and oxygen atoms in total. The Balaban J connectivity index is 1.76. The molecule has 2 aliphatic heterocycles. The van der Waals surface area contributed by atoms with Crippen molar-refractivity contribution in [3.63, 3.8) is 0 Å². The van der Waals surface area contributed by atoms with Gasteiger partial charge in [-0.2, -0.15) is 0 Å². The molecule has 3 heteroatoms. The normalized spacial score (nSPS) is 22.8. The number of allylic oxidation sites excluding steroid dienone is 1. The molecule has 0 N–H and O–H groups in total. The first kappa shape index (κ1) is 15.8. The van der Waals surface area contributed by atoms with Crippen LogP contribution >= 0.6 is 0 Å². The van der Waals surface area contributed by atoms with E-state index < -0.39 is 0 Å². The van der Waals surface area contributed by atoms with Crippen molar-refractivity contribution in [2.75, 3.05) is 7.05 Å². The van der Waals surface area contributed by atoms with Crippen molar-refractivity contribution in [2.24, 2.45) is 0 Å². The Kier molecular flexibility index (Phi) is 3.54. The lowest BCUT2D eigenvalue weighted by Gasteiger charge is -2.32. The topological polar surface area (TPSA) is 21.1 Å². The molecule has 2 atom stereocenters. The molecular weight excluding hydrogens is 318 g/mol. The zero-order valence-electron chi connectivity index (χ0n) is 15.7. The predicted molar refractivity (Wildman–Crippen MR) is 108 cm³/mol. The zero-order chi connectivity index (χ0) is 17.8. The fraction of sp³-hybridized carbons (Fsp3) is 0.348. The second-order valence-electron chi connectivity index (χ2n) is 7.92. The molecule has 2 bridgehead atoms. The number of hydrogen-bond acceptors (Lipinski definition) is 2. The van der Waals surface area contributed by atoms with Crippen LogP contribution in [0.15, 0.2) is 42.7 Å². The van der Waals surface area contributed by atoms with Gasteiger partial charge in [-0.15, -0.1) is 0 Å². The van der Waals surface area contributed by atoms with E-state index in [9.17, 15) is 0 Å². The molecule has 1 aromatic carbocycles. The van der Waals surface area contributed by atoms with Crippen molar-refractivity contribution in [1.82, 2.24) is 14.5 Å². The van der Waals surface area contributed by atoms with Crippen LogP contribution in [0, 0.1) is 6.92 Å². The fourth-order valence-electron chi connectivity index (χ4n) is 4.94. The second-order valence-corrected chi connectivity index (χ2v) is 7.92. The van der Waals surface area contributed by atoms with Crippen molar-refractivity contribution < 1.29 is 0 Å². The maximum absolute atomic E-state index is 4.15. The molecular formula is C23H25N3. The Hall–Kier alpha value is -2.39. The van der Waals surface area contributed by atoms with Crippen LogP contribution in [-0.2, 0) is 6.42 Å². The van der Waals surface area contributed by atoms with Crippen LogP contribution in [0.25, 0.3) is 22.7 Å². The molecule has 4 heterocycles. The lowest BCUT2D eigenvalue weighted by Crippen LogP contribution is -2.34. The van der Waals surface area contributed by atoms with Crippen molar-refractivity contribution in [3.8, 4) is 0 Å². The zero-order valence-corrected chi connectivity index (χ0v) is 15.7. The molecule has 2 unspecified atom stereocenters. The van der Waals surface area contributed by atoms with E-state index in [0.717, 1.165) is 0 Å². The average Bonchev–Trinajstić information content (AvgIpc) is 3.06. The molecule has 0 spiro atoms. The van der Waals surface area contributed by atoms with Crippen LogP contribution in [-0.4, -0.2) is 27.5 Å². The summed E-state index contributed by atoms with van der Waals surface area (Å²) in [4.78, 5) is 6.75.